The van der Waals surface area contributed by atoms with Crippen LogP contribution in [0.4, 0.5) is 0 Å². The van der Waals surface area contributed by atoms with E-state index in [9.17, 15) is 24.0 Å². The molecule has 1 atom stereocenters. The number of carbonyl (C=O) groups excluding carboxylic acids is 5. The minimum absolute atomic E-state index is 0.0670. The minimum atomic E-state index is -0.720. The Hall–Kier alpha value is -1.99. The van der Waals surface area contributed by atoms with Crippen molar-refractivity contribution in [2.24, 2.45) is 5.92 Å². The van der Waals surface area contributed by atoms with Crippen molar-refractivity contribution in [3.63, 3.8) is 0 Å². The molecule has 0 fully saturated rings. The Kier molecular flexibility index (Phi) is 19.0. The van der Waals surface area contributed by atoms with Crippen molar-refractivity contribution in [2.45, 2.75) is 84.6 Å². The van der Waals surface area contributed by atoms with E-state index in [4.69, 9.17) is 4.74 Å². The van der Waals surface area contributed by atoms with E-state index in [1.165, 1.54) is 11.9 Å². The predicted molar refractivity (Wildman–Crippen MR) is 158 cm³/mol. The fourth-order valence-electron chi connectivity index (χ4n) is 2.94. The van der Waals surface area contributed by atoms with Gasteiger partial charge in [-0.15, -0.1) is 0 Å². The van der Waals surface area contributed by atoms with Crippen LogP contribution in [0.2, 0.25) is 0 Å². The third kappa shape index (κ3) is 19.7. The molecule has 0 unspecified atom stereocenters. The fraction of sp³-hybridized carbons (Fsp3) is 0.808. The normalized spacial score (nSPS) is 12.2. The number of rotatable bonds is 20. The van der Waals surface area contributed by atoms with Crippen molar-refractivity contribution in [2.75, 3.05) is 45.6 Å². The van der Waals surface area contributed by atoms with E-state index in [1.54, 1.807) is 42.4 Å². The number of esters is 1. The summed E-state index contributed by atoms with van der Waals surface area (Å²) >= 11 is 0. The SMILES string of the molecule is CC(C)NCCNC(=O)[C@H](C)NC(=O)CN(C)C(=O)CCNC(=O)CCC(C)(C)SSCCOC(=O)C(C)C. The summed E-state index contributed by atoms with van der Waals surface area (Å²) in [5, 5.41) is 11.3. The molecule has 39 heavy (non-hydrogen) atoms. The summed E-state index contributed by atoms with van der Waals surface area (Å²) in [4.78, 5) is 61.6. The van der Waals surface area contributed by atoms with Crippen LogP contribution in [0.3, 0.4) is 0 Å². The van der Waals surface area contributed by atoms with Crippen LogP contribution in [0.5, 0.6) is 0 Å². The van der Waals surface area contributed by atoms with Crippen LogP contribution < -0.4 is 21.3 Å². The molecule has 0 bridgehead atoms. The molecule has 0 spiro atoms. The lowest BCUT2D eigenvalue weighted by molar-refractivity contribution is -0.146. The van der Waals surface area contributed by atoms with Gasteiger partial charge in [0.25, 0.3) is 0 Å². The lowest BCUT2D eigenvalue weighted by Gasteiger charge is -2.23. The number of likely N-dealkylation sites (N-methyl/N-ethyl adjacent to an activating group) is 1. The molecule has 0 saturated heterocycles. The molecule has 11 nitrogen and oxygen atoms in total. The molecule has 0 aliphatic rings. The number of nitrogens with zero attached hydrogens (tertiary/aromatic N) is 1. The van der Waals surface area contributed by atoms with Crippen molar-refractivity contribution < 1.29 is 28.7 Å². The molecule has 0 radical (unpaired) electrons. The highest BCUT2D eigenvalue weighted by molar-refractivity contribution is 8.77. The van der Waals surface area contributed by atoms with Gasteiger partial charge >= 0.3 is 5.97 Å². The third-order valence-corrected chi connectivity index (χ3v) is 8.65. The van der Waals surface area contributed by atoms with Crippen LogP contribution in [0.1, 0.15) is 67.7 Å². The lowest BCUT2D eigenvalue weighted by Crippen LogP contribution is -2.49. The number of carbonyl (C=O) groups is 5. The van der Waals surface area contributed by atoms with Gasteiger partial charge in [0.2, 0.25) is 23.6 Å². The zero-order chi connectivity index (χ0) is 30.0. The molecule has 0 saturated carbocycles. The summed E-state index contributed by atoms with van der Waals surface area (Å²) in [6.45, 7) is 14.7. The smallest absolute Gasteiger partial charge is 0.308 e. The van der Waals surface area contributed by atoms with E-state index >= 15 is 0 Å². The average molecular weight is 592 g/mol. The van der Waals surface area contributed by atoms with Gasteiger partial charge in [-0.25, -0.2) is 0 Å². The second kappa shape index (κ2) is 20.0. The molecule has 13 heteroatoms. The molecular weight excluding hydrogens is 542 g/mol. The van der Waals surface area contributed by atoms with Gasteiger partial charge < -0.3 is 30.9 Å². The van der Waals surface area contributed by atoms with Gasteiger partial charge in [-0.1, -0.05) is 49.3 Å². The summed E-state index contributed by atoms with van der Waals surface area (Å²) in [5.41, 5.74) is 0. The van der Waals surface area contributed by atoms with Gasteiger partial charge in [0.1, 0.15) is 12.6 Å². The van der Waals surface area contributed by atoms with Crippen molar-refractivity contribution in [3.05, 3.63) is 0 Å². The zero-order valence-electron chi connectivity index (χ0n) is 24.8. The van der Waals surface area contributed by atoms with Gasteiger partial charge in [0, 0.05) is 56.1 Å². The molecule has 0 aliphatic heterocycles. The van der Waals surface area contributed by atoms with Crippen molar-refractivity contribution in [1.82, 2.24) is 26.2 Å². The van der Waals surface area contributed by atoms with Crippen LogP contribution in [-0.4, -0.2) is 96.9 Å². The molecule has 0 aromatic heterocycles. The highest BCUT2D eigenvalue weighted by Gasteiger charge is 2.21. The Morgan fingerprint density at radius 1 is 0.897 bits per heavy atom. The lowest BCUT2D eigenvalue weighted by atomic mass is 10.1. The zero-order valence-corrected chi connectivity index (χ0v) is 26.4. The van der Waals surface area contributed by atoms with E-state index in [1.807, 2.05) is 13.8 Å². The minimum Gasteiger partial charge on any atom is -0.465 e. The second-order valence-corrected chi connectivity index (χ2v) is 13.6. The first kappa shape index (κ1) is 37.0. The highest BCUT2D eigenvalue weighted by atomic mass is 33.1. The van der Waals surface area contributed by atoms with Crippen LogP contribution >= 0.6 is 21.6 Å². The summed E-state index contributed by atoms with van der Waals surface area (Å²) in [6, 6.07) is -0.399. The first-order valence-corrected chi connectivity index (χ1v) is 15.7. The first-order chi connectivity index (χ1) is 18.1. The second-order valence-electron chi connectivity index (χ2n) is 10.5. The van der Waals surface area contributed by atoms with E-state index in [2.05, 4.69) is 35.1 Å². The molecule has 0 heterocycles. The Labute approximate surface area is 241 Å². The fourth-order valence-corrected chi connectivity index (χ4v) is 5.34. The van der Waals surface area contributed by atoms with Crippen LogP contribution in [0.25, 0.3) is 0 Å². The summed E-state index contributed by atoms with van der Waals surface area (Å²) in [7, 11) is 4.76. The van der Waals surface area contributed by atoms with Crippen LogP contribution in [0.15, 0.2) is 0 Å². The molecule has 4 N–H and O–H groups in total. The molecule has 0 aromatic rings. The number of nitrogens with one attached hydrogen (secondary N) is 4. The Balaban J connectivity index is 4.12. The number of hydrogen-bond donors (Lipinski definition) is 4. The molecule has 4 amide bonds. The maximum atomic E-state index is 12.3. The van der Waals surface area contributed by atoms with Crippen molar-refractivity contribution >= 4 is 51.2 Å². The van der Waals surface area contributed by atoms with Gasteiger partial charge in [-0.3, -0.25) is 24.0 Å². The number of amides is 4. The number of hydrogen-bond acceptors (Lipinski definition) is 9. The Morgan fingerprint density at radius 3 is 2.18 bits per heavy atom. The van der Waals surface area contributed by atoms with Crippen LogP contribution in [-0.2, 0) is 28.7 Å². The van der Waals surface area contributed by atoms with Crippen molar-refractivity contribution in [1.29, 1.82) is 0 Å². The molecule has 0 aliphatic carbocycles. The maximum Gasteiger partial charge on any atom is 0.308 e. The van der Waals surface area contributed by atoms with Gasteiger partial charge in [-0.05, 0) is 27.2 Å². The summed E-state index contributed by atoms with van der Waals surface area (Å²) in [6.07, 6.45) is 1.04. The molecule has 226 valence electrons. The van der Waals surface area contributed by atoms with E-state index in [-0.39, 0.29) is 53.9 Å². The molecular formula is C26H49N5O6S2. The Morgan fingerprint density at radius 2 is 1.56 bits per heavy atom. The average Bonchev–Trinajstić information content (AvgIpc) is 2.84. The van der Waals surface area contributed by atoms with Gasteiger partial charge in [0.05, 0.1) is 12.5 Å². The standard InChI is InChI=1S/C26H49N5O6S2/c1-18(2)25(36)37-15-16-38-39-26(6,7)11-9-21(32)28-12-10-23(34)31(8)17-22(33)30-20(5)24(35)29-14-13-27-19(3)4/h18-20,27H,9-17H2,1-8H3,(H,28,32)(H,29,35)(H,30,33)/t20-/m0/s1. The number of ether oxygens (including phenoxy) is 1. The van der Waals surface area contributed by atoms with E-state index in [0.29, 0.717) is 44.3 Å². The largest absolute Gasteiger partial charge is 0.465 e. The van der Waals surface area contributed by atoms with Crippen molar-refractivity contribution in [3.8, 4) is 0 Å². The monoisotopic (exact) mass is 591 g/mol. The van der Waals surface area contributed by atoms with Gasteiger partial charge in [-0.2, -0.15) is 0 Å². The summed E-state index contributed by atoms with van der Waals surface area (Å²) in [5.74, 6) is -0.822. The van der Waals surface area contributed by atoms with E-state index < -0.39 is 11.9 Å². The highest BCUT2D eigenvalue weighted by Crippen LogP contribution is 2.38. The summed E-state index contributed by atoms with van der Waals surface area (Å²) < 4.78 is 5.01. The quantitative estimate of drug-likeness (QED) is 0.0944. The van der Waals surface area contributed by atoms with E-state index in [0.717, 1.165) is 0 Å². The topological polar surface area (TPSA) is 146 Å². The maximum absolute atomic E-state index is 12.3. The third-order valence-electron chi connectivity index (χ3n) is 5.34. The first-order valence-electron chi connectivity index (χ1n) is 13.4. The van der Waals surface area contributed by atoms with Crippen LogP contribution in [0, 0.1) is 5.92 Å². The molecule has 0 aromatic carbocycles. The Bertz CT molecular complexity index is 795. The molecule has 0 rings (SSSR count). The predicted octanol–water partition coefficient (Wildman–Crippen LogP) is 1.71. The van der Waals surface area contributed by atoms with Gasteiger partial charge in [0.15, 0.2) is 0 Å².